The van der Waals surface area contributed by atoms with Crippen molar-refractivity contribution in [3.63, 3.8) is 0 Å². The third kappa shape index (κ3) is 3.51. The number of benzene rings is 2. The highest BCUT2D eigenvalue weighted by atomic mass is 35.5. The van der Waals surface area contributed by atoms with E-state index in [1.54, 1.807) is 30.5 Å². The predicted molar refractivity (Wildman–Crippen MR) is 96.5 cm³/mol. The molecule has 6 heteroatoms. The molecule has 128 valence electrons. The van der Waals surface area contributed by atoms with E-state index in [9.17, 15) is 9.59 Å². The number of hydrogen-bond donors (Lipinski definition) is 2. The molecule has 0 spiro atoms. The van der Waals surface area contributed by atoms with E-state index >= 15 is 0 Å². The molecule has 2 aromatic carbocycles. The molecule has 0 bridgehead atoms. The van der Waals surface area contributed by atoms with E-state index in [0.717, 1.165) is 27.7 Å². The van der Waals surface area contributed by atoms with Gasteiger partial charge in [-0.05, 0) is 37.1 Å². The smallest absolute Gasteiger partial charge is 0.271 e. The molecular formula is C19H17ClN2O3. The lowest BCUT2D eigenvalue weighted by Gasteiger charge is -2.08. The number of halogens is 1. The van der Waals surface area contributed by atoms with Crippen LogP contribution in [0.25, 0.3) is 11.0 Å². The van der Waals surface area contributed by atoms with Gasteiger partial charge < -0.3 is 4.42 Å². The Labute approximate surface area is 149 Å². The molecule has 0 saturated carbocycles. The Morgan fingerprint density at radius 1 is 1.08 bits per heavy atom. The van der Waals surface area contributed by atoms with Crippen LogP contribution in [0.2, 0.25) is 5.02 Å². The third-order valence-corrected chi connectivity index (χ3v) is 4.46. The first-order chi connectivity index (χ1) is 12.0. The molecule has 3 rings (SSSR count). The Hall–Kier alpha value is -2.79. The van der Waals surface area contributed by atoms with Crippen molar-refractivity contribution in [1.29, 1.82) is 0 Å². The summed E-state index contributed by atoms with van der Waals surface area (Å²) in [6.07, 6.45) is 1.67. The molecule has 0 saturated heterocycles. The number of amides is 2. The molecule has 5 nitrogen and oxygen atoms in total. The maximum Gasteiger partial charge on any atom is 0.271 e. The van der Waals surface area contributed by atoms with Crippen LogP contribution in [0.15, 0.2) is 47.1 Å². The predicted octanol–water partition coefficient (Wildman–Crippen LogP) is 3.71. The van der Waals surface area contributed by atoms with Crippen molar-refractivity contribution in [2.24, 2.45) is 0 Å². The number of furan rings is 1. The lowest BCUT2D eigenvalue weighted by atomic mass is 10.0. The molecule has 0 aliphatic carbocycles. The van der Waals surface area contributed by atoms with Gasteiger partial charge in [-0.1, -0.05) is 35.9 Å². The van der Waals surface area contributed by atoms with Gasteiger partial charge in [-0.25, -0.2) is 0 Å². The van der Waals surface area contributed by atoms with E-state index in [1.165, 1.54) is 0 Å². The number of nitrogens with one attached hydrogen (secondary N) is 2. The molecule has 1 aromatic heterocycles. The van der Waals surface area contributed by atoms with E-state index in [1.807, 2.05) is 26.0 Å². The van der Waals surface area contributed by atoms with Crippen molar-refractivity contribution in [3.05, 3.63) is 69.9 Å². The van der Waals surface area contributed by atoms with Gasteiger partial charge in [0.15, 0.2) is 0 Å². The Balaban J connectivity index is 1.66. The SMILES string of the molecule is Cc1ccc2c(CC(=O)NNC(=O)c3ccccc3Cl)coc2c1C. The van der Waals surface area contributed by atoms with Crippen LogP contribution < -0.4 is 10.9 Å². The van der Waals surface area contributed by atoms with Gasteiger partial charge in [0.05, 0.1) is 23.3 Å². The van der Waals surface area contributed by atoms with Gasteiger partial charge >= 0.3 is 0 Å². The molecule has 0 atom stereocenters. The summed E-state index contributed by atoms with van der Waals surface area (Å²) in [4.78, 5) is 24.2. The van der Waals surface area contributed by atoms with E-state index in [4.69, 9.17) is 16.0 Å². The second-order valence-corrected chi connectivity index (χ2v) is 6.21. The summed E-state index contributed by atoms with van der Waals surface area (Å²) in [5, 5.41) is 1.22. The lowest BCUT2D eigenvalue weighted by Crippen LogP contribution is -2.42. The van der Waals surface area contributed by atoms with Crippen LogP contribution >= 0.6 is 11.6 Å². The van der Waals surface area contributed by atoms with Crippen molar-refractivity contribution in [1.82, 2.24) is 10.9 Å². The van der Waals surface area contributed by atoms with Crippen LogP contribution in [0.4, 0.5) is 0 Å². The maximum absolute atomic E-state index is 12.1. The van der Waals surface area contributed by atoms with Crippen LogP contribution in [0.3, 0.4) is 0 Å². The van der Waals surface area contributed by atoms with Crippen molar-refractivity contribution in [3.8, 4) is 0 Å². The maximum atomic E-state index is 12.1. The molecule has 0 radical (unpaired) electrons. The van der Waals surface area contributed by atoms with Gasteiger partial charge in [0.2, 0.25) is 5.91 Å². The third-order valence-electron chi connectivity index (χ3n) is 4.13. The van der Waals surface area contributed by atoms with Gasteiger partial charge in [-0.15, -0.1) is 0 Å². The van der Waals surface area contributed by atoms with Crippen LogP contribution in [0.5, 0.6) is 0 Å². The molecule has 0 unspecified atom stereocenters. The average Bonchev–Trinajstić information content (AvgIpc) is 3.00. The average molecular weight is 357 g/mol. The number of fused-ring (bicyclic) bond motifs is 1. The van der Waals surface area contributed by atoms with E-state index in [2.05, 4.69) is 10.9 Å². The number of carbonyl (C=O) groups excluding carboxylic acids is 2. The molecular weight excluding hydrogens is 340 g/mol. The zero-order valence-corrected chi connectivity index (χ0v) is 14.6. The van der Waals surface area contributed by atoms with E-state index < -0.39 is 5.91 Å². The summed E-state index contributed by atoms with van der Waals surface area (Å²) in [7, 11) is 0. The fourth-order valence-electron chi connectivity index (χ4n) is 2.58. The molecule has 1 heterocycles. The monoisotopic (exact) mass is 356 g/mol. The normalized spacial score (nSPS) is 10.7. The molecule has 0 aliphatic heterocycles. The second kappa shape index (κ2) is 6.99. The summed E-state index contributed by atoms with van der Waals surface area (Å²) < 4.78 is 5.59. The number of rotatable bonds is 3. The van der Waals surface area contributed by atoms with Crippen LogP contribution in [0.1, 0.15) is 27.0 Å². The number of hydrazine groups is 1. The first-order valence-corrected chi connectivity index (χ1v) is 8.15. The zero-order chi connectivity index (χ0) is 18.0. The summed E-state index contributed by atoms with van der Waals surface area (Å²) in [6, 6.07) is 10.6. The number of hydrogen-bond acceptors (Lipinski definition) is 3. The topological polar surface area (TPSA) is 71.3 Å². The standard InChI is InChI=1S/C19H17ClN2O3/c1-11-7-8-14-13(10-25-18(14)12(11)2)9-17(23)21-22-19(24)15-5-3-4-6-16(15)20/h3-8,10H,9H2,1-2H3,(H,21,23)(H,22,24). The number of aryl methyl sites for hydroxylation is 2. The van der Waals surface area contributed by atoms with Crippen LogP contribution in [-0.2, 0) is 11.2 Å². The molecule has 25 heavy (non-hydrogen) atoms. The summed E-state index contributed by atoms with van der Waals surface area (Å²) in [5.41, 5.74) is 8.79. The zero-order valence-electron chi connectivity index (χ0n) is 13.9. The molecule has 0 aliphatic rings. The van der Waals surface area contributed by atoms with Crippen molar-refractivity contribution >= 4 is 34.4 Å². The van der Waals surface area contributed by atoms with E-state index in [-0.39, 0.29) is 12.3 Å². The van der Waals surface area contributed by atoms with Gasteiger partial charge in [0.1, 0.15) is 5.58 Å². The molecule has 2 N–H and O–H groups in total. The largest absolute Gasteiger partial charge is 0.464 e. The van der Waals surface area contributed by atoms with Gasteiger partial charge in [0.25, 0.3) is 5.91 Å². The summed E-state index contributed by atoms with van der Waals surface area (Å²) >= 11 is 5.96. The highest BCUT2D eigenvalue weighted by Gasteiger charge is 2.14. The summed E-state index contributed by atoms with van der Waals surface area (Å²) in [5.74, 6) is -0.816. The van der Waals surface area contributed by atoms with Crippen LogP contribution in [0, 0.1) is 13.8 Å². The first-order valence-electron chi connectivity index (χ1n) is 7.77. The minimum absolute atomic E-state index is 0.0955. The van der Waals surface area contributed by atoms with Crippen molar-refractivity contribution < 1.29 is 14.0 Å². The fourth-order valence-corrected chi connectivity index (χ4v) is 2.80. The van der Waals surface area contributed by atoms with E-state index in [0.29, 0.717) is 10.6 Å². The minimum Gasteiger partial charge on any atom is -0.464 e. The molecule has 2 amide bonds. The fraction of sp³-hybridized carbons (Fsp3) is 0.158. The molecule has 0 fully saturated rings. The highest BCUT2D eigenvalue weighted by molar-refractivity contribution is 6.33. The Morgan fingerprint density at radius 2 is 1.84 bits per heavy atom. The lowest BCUT2D eigenvalue weighted by molar-refractivity contribution is -0.121. The Bertz CT molecular complexity index is 962. The summed E-state index contributed by atoms with van der Waals surface area (Å²) in [6.45, 7) is 3.99. The van der Waals surface area contributed by atoms with Gasteiger partial charge in [-0.2, -0.15) is 0 Å². The second-order valence-electron chi connectivity index (χ2n) is 5.80. The van der Waals surface area contributed by atoms with Crippen molar-refractivity contribution in [2.45, 2.75) is 20.3 Å². The quantitative estimate of drug-likeness (QED) is 0.703. The van der Waals surface area contributed by atoms with Crippen molar-refractivity contribution in [2.75, 3.05) is 0 Å². The first kappa shape index (κ1) is 17.0. The number of carbonyl (C=O) groups is 2. The Morgan fingerprint density at radius 3 is 2.60 bits per heavy atom. The Kier molecular flexibility index (Phi) is 4.76. The van der Waals surface area contributed by atoms with Crippen LogP contribution in [-0.4, -0.2) is 11.8 Å². The minimum atomic E-state index is -0.470. The van der Waals surface area contributed by atoms with Gasteiger partial charge in [-0.3, -0.25) is 20.4 Å². The van der Waals surface area contributed by atoms with Gasteiger partial charge in [0, 0.05) is 10.9 Å². The molecule has 3 aromatic rings. The highest BCUT2D eigenvalue weighted by Crippen LogP contribution is 2.26.